The second-order valence-electron chi connectivity index (χ2n) is 4.93. The van der Waals surface area contributed by atoms with E-state index in [1.165, 1.54) is 30.6 Å². The van der Waals surface area contributed by atoms with Crippen molar-refractivity contribution in [3.05, 3.63) is 29.8 Å². The Balaban J connectivity index is 2.24. The molecule has 0 radical (unpaired) electrons. The molecular formula is C14H21N. The predicted octanol–water partition coefficient (Wildman–Crippen LogP) is 3.80. The zero-order chi connectivity index (χ0) is 10.8. The van der Waals surface area contributed by atoms with Gasteiger partial charge in [0.15, 0.2) is 0 Å². The van der Waals surface area contributed by atoms with Crippen LogP contribution in [0.25, 0.3) is 0 Å². The molecular weight excluding hydrogens is 182 g/mol. The van der Waals surface area contributed by atoms with Crippen molar-refractivity contribution in [1.82, 2.24) is 0 Å². The van der Waals surface area contributed by atoms with Gasteiger partial charge in [-0.3, -0.25) is 0 Å². The standard InChI is InChI=1S/C14H21N/c1-11(2)13-7-4-8-14(10-13)15-9-5-6-12(15)3/h4,7-8,10-12H,5-6,9H2,1-3H3. The maximum atomic E-state index is 2.53. The molecule has 1 heterocycles. The van der Waals surface area contributed by atoms with Gasteiger partial charge in [0.2, 0.25) is 0 Å². The number of hydrogen-bond acceptors (Lipinski definition) is 1. The van der Waals surface area contributed by atoms with E-state index in [1.807, 2.05) is 0 Å². The zero-order valence-electron chi connectivity index (χ0n) is 10.0. The van der Waals surface area contributed by atoms with Gasteiger partial charge in [-0.05, 0) is 43.4 Å². The molecule has 1 heteroatoms. The molecule has 82 valence electrons. The van der Waals surface area contributed by atoms with Gasteiger partial charge in [0.25, 0.3) is 0 Å². The Labute approximate surface area is 93.1 Å². The van der Waals surface area contributed by atoms with Crippen LogP contribution in [0.3, 0.4) is 0 Å². The fourth-order valence-corrected chi connectivity index (χ4v) is 2.38. The molecule has 1 atom stereocenters. The van der Waals surface area contributed by atoms with Gasteiger partial charge < -0.3 is 4.90 Å². The van der Waals surface area contributed by atoms with E-state index in [-0.39, 0.29) is 0 Å². The fourth-order valence-electron chi connectivity index (χ4n) is 2.38. The van der Waals surface area contributed by atoms with Crippen LogP contribution in [0.1, 0.15) is 45.1 Å². The third kappa shape index (κ3) is 2.17. The van der Waals surface area contributed by atoms with Crippen molar-refractivity contribution >= 4 is 5.69 Å². The molecule has 1 aromatic carbocycles. The van der Waals surface area contributed by atoms with Gasteiger partial charge in [-0.2, -0.15) is 0 Å². The number of rotatable bonds is 2. The highest BCUT2D eigenvalue weighted by molar-refractivity contribution is 5.50. The van der Waals surface area contributed by atoms with Crippen LogP contribution in [-0.4, -0.2) is 12.6 Å². The van der Waals surface area contributed by atoms with E-state index in [0.717, 1.165) is 0 Å². The lowest BCUT2D eigenvalue weighted by Crippen LogP contribution is -2.26. The second-order valence-corrected chi connectivity index (χ2v) is 4.93. The van der Waals surface area contributed by atoms with Crippen LogP contribution in [0.5, 0.6) is 0 Å². The maximum Gasteiger partial charge on any atom is 0.0371 e. The van der Waals surface area contributed by atoms with E-state index in [1.54, 1.807) is 0 Å². The first-order valence-corrected chi connectivity index (χ1v) is 6.05. The molecule has 1 aliphatic heterocycles. The Hall–Kier alpha value is -0.980. The quantitative estimate of drug-likeness (QED) is 0.706. The van der Waals surface area contributed by atoms with Crippen LogP contribution in [-0.2, 0) is 0 Å². The Morgan fingerprint density at radius 3 is 2.73 bits per heavy atom. The van der Waals surface area contributed by atoms with E-state index >= 15 is 0 Å². The largest absolute Gasteiger partial charge is 0.369 e. The molecule has 1 unspecified atom stereocenters. The van der Waals surface area contributed by atoms with Crippen LogP contribution in [0.2, 0.25) is 0 Å². The summed E-state index contributed by atoms with van der Waals surface area (Å²) in [4.78, 5) is 2.53. The lowest BCUT2D eigenvalue weighted by atomic mass is 10.0. The zero-order valence-corrected chi connectivity index (χ0v) is 10.0. The minimum absolute atomic E-state index is 0.628. The highest BCUT2D eigenvalue weighted by atomic mass is 15.2. The summed E-state index contributed by atoms with van der Waals surface area (Å²) >= 11 is 0. The van der Waals surface area contributed by atoms with Gasteiger partial charge in [0.05, 0.1) is 0 Å². The fraction of sp³-hybridized carbons (Fsp3) is 0.571. The molecule has 1 aromatic rings. The molecule has 0 amide bonds. The highest BCUT2D eigenvalue weighted by Gasteiger charge is 2.20. The number of hydrogen-bond donors (Lipinski definition) is 0. The monoisotopic (exact) mass is 203 g/mol. The van der Waals surface area contributed by atoms with Crippen LogP contribution in [0.4, 0.5) is 5.69 Å². The molecule has 2 rings (SSSR count). The molecule has 0 bridgehead atoms. The van der Waals surface area contributed by atoms with Crippen LogP contribution in [0.15, 0.2) is 24.3 Å². The number of nitrogens with zero attached hydrogens (tertiary/aromatic N) is 1. The van der Waals surface area contributed by atoms with Crippen molar-refractivity contribution in [1.29, 1.82) is 0 Å². The van der Waals surface area contributed by atoms with E-state index in [2.05, 4.69) is 49.9 Å². The van der Waals surface area contributed by atoms with Crippen molar-refractivity contribution in [2.45, 2.75) is 45.6 Å². The summed E-state index contributed by atoms with van der Waals surface area (Å²) in [6, 6.07) is 9.73. The average Bonchev–Trinajstić information content (AvgIpc) is 2.64. The van der Waals surface area contributed by atoms with Crippen molar-refractivity contribution in [2.24, 2.45) is 0 Å². The van der Waals surface area contributed by atoms with Gasteiger partial charge in [-0.15, -0.1) is 0 Å². The number of anilines is 1. The molecule has 1 nitrogen and oxygen atoms in total. The van der Waals surface area contributed by atoms with E-state index in [4.69, 9.17) is 0 Å². The lowest BCUT2D eigenvalue weighted by molar-refractivity contribution is 0.734. The SMILES string of the molecule is CC(C)c1cccc(N2CCCC2C)c1. The Morgan fingerprint density at radius 1 is 1.33 bits per heavy atom. The minimum Gasteiger partial charge on any atom is -0.369 e. The molecule has 0 aliphatic carbocycles. The Kier molecular flexibility index (Phi) is 2.99. The summed E-state index contributed by atoms with van der Waals surface area (Å²) in [6.45, 7) is 8.07. The van der Waals surface area contributed by atoms with E-state index in [9.17, 15) is 0 Å². The predicted molar refractivity (Wildman–Crippen MR) is 66.6 cm³/mol. The topological polar surface area (TPSA) is 3.24 Å². The van der Waals surface area contributed by atoms with Gasteiger partial charge in [0, 0.05) is 18.3 Å². The Bertz CT molecular complexity index is 330. The van der Waals surface area contributed by atoms with E-state index in [0.29, 0.717) is 12.0 Å². The van der Waals surface area contributed by atoms with Crippen molar-refractivity contribution in [2.75, 3.05) is 11.4 Å². The Morgan fingerprint density at radius 2 is 2.13 bits per heavy atom. The normalized spacial score (nSPS) is 21.3. The van der Waals surface area contributed by atoms with Gasteiger partial charge in [0.1, 0.15) is 0 Å². The first-order valence-electron chi connectivity index (χ1n) is 6.05. The van der Waals surface area contributed by atoms with Crippen LogP contribution < -0.4 is 4.90 Å². The summed E-state index contributed by atoms with van der Waals surface area (Å²) in [5, 5.41) is 0. The molecule has 15 heavy (non-hydrogen) atoms. The molecule has 1 saturated heterocycles. The maximum absolute atomic E-state index is 2.53. The molecule has 0 spiro atoms. The molecule has 0 saturated carbocycles. The highest BCUT2D eigenvalue weighted by Crippen LogP contribution is 2.27. The summed E-state index contributed by atoms with van der Waals surface area (Å²) < 4.78 is 0. The van der Waals surface area contributed by atoms with Gasteiger partial charge in [-0.1, -0.05) is 26.0 Å². The third-order valence-electron chi connectivity index (χ3n) is 3.42. The van der Waals surface area contributed by atoms with E-state index < -0.39 is 0 Å². The lowest BCUT2D eigenvalue weighted by Gasteiger charge is -2.24. The molecule has 1 fully saturated rings. The summed E-state index contributed by atoms with van der Waals surface area (Å²) in [7, 11) is 0. The first-order chi connectivity index (χ1) is 7.18. The average molecular weight is 203 g/mol. The molecule has 0 aromatic heterocycles. The van der Waals surface area contributed by atoms with Gasteiger partial charge in [-0.25, -0.2) is 0 Å². The van der Waals surface area contributed by atoms with Crippen LogP contribution in [0, 0.1) is 0 Å². The molecule has 0 N–H and O–H groups in total. The first kappa shape index (κ1) is 10.5. The van der Waals surface area contributed by atoms with Crippen LogP contribution >= 0.6 is 0 Å². The number of benzene rings is 1. The summed E-state index contributed by atoms with van der Waals surface area (Å²) in [5.41, 5.74) is 2.86. The summed E-state index contributed by atoms with van der Waals surface area (Å²) in [6.07, 6.45) is 2.68. The van der Waals surface area contributed by atoms with Gasteiger partial charge >= 0.3 is 0 Å². The molecule has 1 aliphatic rings. The van der Waals surface area contributed by atoms with Crippen molar-refractivity contribution in [3.63, 3.8) is 0 Å². The third-order valence-corrected chi connectivity index (χ3v) is 3.42. The smallest absolute Gasteiger partial charge is 0.0371 e. The minimum atomic E-state index is 0.628. The second kappa shape index (κ2) is 4.26. The van der Waals surface area contributed by atoms with Crippen molar-refractivity contribution in [3.8, 4) is 0 Å². The van der Waals surface area contributed by atoms with Crippen molar-refractivity contribution < 1.29 is 0 Å². The summed E-state index contributed by atoms with van der Waals surface area (Å²) in [5.74, 6) is 0.628.